The summed E-state index contributed by atoms with van der Waals surface area (Å²) in [6, 6.07) is -0.930. The van der Waals surface area contributed by atoms with Crippen LogP contribution in [0.2, 0.25) is 0 Å². The molecule has 1 amide bonds. The Morgan fingerprint density at radius 3 is 1.40 bits per heavy atom. The fourth-order valence-corrected chi connectivity index (χ4v) is 8.73. The topological polar surface area (TPSA) is 114 Å². The number of phosphoric ester groups is 1. The van der Waals surface area contributed by atoms with Crippen molar-refractivity contribution >= 4 is 19.7 Å². The van der Waals surface area contributed by atoms with Crippen molar-refractivity contribution in [2.45, 2.75) is 238 Å². The van der Waals surface area contributed by atoms with E-state index in [4.69, 9.17) is 13.8 Å². The van der Waals surface area contributed by atoms with Crippen molar-refractivity contribution in [2.75, 3.05) is 40.9 Å². The fourth-order valence-electron chi connectivity index (χ4n) is 8.01. The lowest BCUT2D eigenvalue weighted by Crippen LogP contribution is -2.47. The number of amides is 1. The number of allylic oxidation sites excluding steroid dienone is 21. The number of hydrogen-bond donors (Lipinski definition) is 1. The van der Waals surface area contributed by atoms with Gasteiger partial charge in [-0.2, -0.15) is 0 Å². The molecule has 0 aromatic rings. The monoisotopic (exact) mass is 1090 g/mol. The van der Waals surface area contributed by atoms with Gasteiger partial charge in [-0.1, -0.05) is 251 Å². The van der Waals surface area contributed by atoms with Crippen molar-refractivity contribution in [1.82, 2.24) is 5.32 Å². The molecule has 0 saturated carbocycles. The average molecular weight is 1090 g/mol. The third kappa shape index (κ3) is 56.7. The van der Waals surface area contributed by atoms with Crippen molar-refractivity contribution in [1.29, 1.82) is 0 Å². The SMILES string of the molecule is CC\C=C/C=C/C=C/C=C\C=C\C=C\CCCCCC(=O)NC(COP(=O)([O-])OCC[N+](C)(C)C)C(/C=C/CCCCCCCCCCCCC)OC(=O)CCCCCCC/C=C\C/C=C\C/C=C\C/C=C\CCCCC. The largest absolute Gasteiger partial charge is 0.756 e. The maximum atomic E-state index is 13.5. The van der Waals surface area contributed by atoms with E-state index < -0.39 is 26.6 Å². The lowest BCUT2D eigenvalue weighted by atomic mass is 10.0. The second-order valence-corrected chi connectivity index (χ2v) is 22.7. The zero-order chi connectivity index (χ0) is 56.4. The van der Waals surface area contributed by atoms with Crippen LogP contribution in [0.4, 0.5) is 0 Å². The second-order valence-electron chi connectivity index (χ2n) is 21.3. The van der Waals surface area contributed by atoms with Crippen LogP contribution < -0.4 is 10.2 Å². The minimum absolute atomic E-state index is 0.0428. The minimum Gasteiger partial charge on any atom is -0.756 e. The Balaban J connectivity index is 5.44. The number of nitrogens with zero attached hydrogens (tertiary/aromatic N) is 1. The van der Waals surface area contributed by atoms with Crippen LogP contribution in [0.1, 0.15) is 226 Å². The van der Waals surface area contributed by atoms with Crippen molar-refractivity contribution in [3.05, 3.63) is 134 Å². The van der Waals surface area contributed by atoms with Gasteiger partial charge in [-0.25, -0.2) is 0 Å². The van der Waals surface area contributed by atoms with E-state index in [0.717, 1.165) is 96.3 Å². The van der Waals surface area contributed by atoms with Crippen molar-refractivity contribution < 1.29 is 37.3 Å². The molecule has 0 rings (SSSR count). The van der Waals surface area contributed by atoms with Crippen LogP contribution in [0.25, 0.3) is 0 Å². The van der Waals surface area contributed by atoms with Crippen LogP contribution >= 0.6 is 7.82 Å². The van der Waals surface area contributed by atoms with Gasteiger partial charge in [-0.05, 0) is 96.0 Å². The Hall–Kier alpha value is -3.85. The van der Waals surface area contributed by atoms with Gasteiger partial charge in [-0.3, -0.25) is 14.2 Å². The molecule has 0 radical (unpaired) electrons. The van der Waals surface area contributed by atoms with Gasteiger partial charge in [0.1, 0.15) is 19.3 Å². The van der Waals surface area contributed by atoms with Gasteiger partial charge in [0, 0.05) is 12.8 Å². The normalized spacial score (nSPS) is 14.6. The van der Waals surface area contributed by atoms with Gasteiger partial charge < -0.3 is 28.5 Å². The summed E-state index contributed by atoms with van der Waals surface area (Å²) >= 11 is 0. The van der Waals surface area contributed by atoms with E-state index in [9.17, 15) is 19.0 Å². The van der Waals surface area contributed by atoms with Gasteiger partial charge >= 0.3 is 5.97 Å². The van der Waals surface area contributed by atoms with Crippen molar-refractivity contribution in [3.8, 4) is 0 Å². The molecule has 1 N–H and O–H groups in total. The second kappa shape index (κ2) is 55.5. The summed E-state index contributed by atoms with van der Waals surface area (Å²) in [6.45, 7) is 6.60. The van der Waals surface area contributed by atoms with Gasteiger partial charge in [0.05, 0.1) is 33.8 Å². The molecule has 0 aromatic heterocycles. The molecule has 0 aliphatic heterocycles. The number of carbonyl (C=O) groups excluding carboxylic acids is 2. The Kier molecular flexibility index (Phi) is 52.7. The quantitative estimate of drug-likeness (QED) is 0.0161. The number of unbranched alkanes of at least 4 members (excludes halogenated alkanes) is 22. The molecule has 10 heteroatoms. The minimum atomic E-state index is -4.73. The maximum absolute atomic E-state index is 13.5. The summed E-state index contributed by atoms with van der Waals surface area (Å²) in [5.41, 5.74) is 0. The van der Waals surface area contributed by atoms with E-state index in [2.05, 4.69) is 86.8 Å². The van der Waals surface area contributed by atoms with Gasteiger partial charge in [0.2, 0.25) is 5.91 Å². The van der Waals surface area contributed by atoms with E-state index in [1.54, 1.807) is 0 Å². The van der Waals surface area contributed by atoms with E-state index in [0.29, 0.717) is 23.9 Å². The number of phosphoric acid groups is 1. The molecular weight excluding hydrogens is 976 g/mol. The van der Waals surface area contributed by atoms with Gasteiger partial charge in [0.15, 0.2) is 0 Å². The molecule has 3 atom stereocenters. The Morgan fingerprint density at radius 1 is 0.481 bits per heavy atom. The van der Waals surface area contributed by atoms with E-state index in [1.165, 1.54) is 83.5 Å². The standard InChI is InChI=1S/C67H113N2O7P/c1-7-10-13-16-19-22-25-28-30-32-33-34-35-37-39-42-45-48-51-54-57-60-67(71)76-65(58-55-52-49-46-43-40-27-24-21-18-15-12-9-3)64(63-75-77(72,73)74-62-61-69(4,5)6)68-66(70)59-56-53-50-47-44-41-38-36-31-29-26-23-20-17-14-11-8-2/h11,14,17,19-20,22-23,26,28-31,33-34,36-39,41,44,55,58,64-65H,7-10,12-13,15-16,18,21,24-25,27,32,35,40,42-43,45-54,56-57,59-63H2,1-6H3,(H-,68,70,72,73)/b14-11-,20-17+,22-19-,26-23+,30-28-,31-29-,34-33-,38-36+,39-37-,44-41+,58-55+. The number of quaternary nitrogens is 1. The number of ether oxygens (including phenoxy) is 1. The van der Waals surface area contributed by atoms with Crippen LogP contribution in [0, 0.1) is 0 Å². The maximum Gasteiger partial charge on any atom is 0.306 e. The molecule has 77 heavy (non-hydrogen) atoms. The molecule has 0 fully saturated rings. The number of hydrogen-bond acceptors (Lipinski definition) is 7. The zero-order valence-corrected chi connectivity index (χ0v) is 50.8. The lowest BCUT2D eigenvalue weighted by Gasteiger charge is -2.30. The Bertz CT molecular complexity index is 1780. The molecule has 0 aliphatic carbocycles. The number of carbonyl (C=O) groups is 2. The molecule has 0 saturated heterocycles. The molecule has 9 nitrogen and oxygen atoms in total. The van der Waals surface area contributed by atoms with Crippen molar-refractivity contribution in [3.63, 3.8) is 0 Å². The lowest BCUT2D eigenvalue weighted by molar-refractivity contribution is -0.870. The average Bonchev–Trinajstić information content (AvgIpc) is 3.39. The summed E-state index contributed by atoms with van der Waals surface area (Å²) in [6.07, 6.45) is 78.4. The number of esters is 1. The molecule has 0 spiro atoms. The van der Waals surface area contributed by atoms with E-state index in [-0.39, 0.29) is 31.3 Å². The number of nitrogens with one attached hydrogen (secondary N) is 1. The van der Waals surface area contributed by atoms with Gasteiger partial charge in [0.25, 0.3) is 7.82 Å². The van der Waals surface area contributed by atoms with E-state index in [1.807, 2.05) is 94.1 Å². The highest BCUT2D eigenvalue weighted by Crippen LogP contribution is 2.38. The van der Waals surface area contributed by atoms with Crippen LogP contribution in [-0.4, -0.2) is 69.4 Å². The third-order valence-electron chi connectivity index (χ3n) is 12.7. The number of likely N-dealkylation sites (N-methyl/N-ethyl adjacent to an activating group) is 1. The van der Waals surface area contributed by atoms with Crippen LogP contribution in [0.5, 0.6) is 0 Å². The summed E-state index contributed by atoms with van der Waals surface area (Å²) in [5, 5.41) is 2.99. The third-order valence-corrected chi connectivity index (χ3v) is 13.7. The molecule has 3 unspecified atom stereocenters. The fraction of sp³-hybridized carbons (Fsp3) is 0.642. The zero-order valence-electron chi connectivity index (χ0n) is 49.9. The predicted molar refractivity (Wildman–Crippen MR) is 330 cm³/mol. The number of rotatable bonds is 53. The molecule has 0 bridgehead atoms. The molecule has 0 heterocycles. The highest BCUT2D eigenvalue weighted by molar-refractivity contribution is 7.45. The first-order valence-corrected chi connectivity index (χ1v) is 32.0. The van der Waals surface area contributed by atoms with E-state index >= 15 is 0 Å². The highest BCUT2D eigenvalue weighted by Gasteiger charge is 2.27. The summed E-state index contributed by atoms with van der Waals surface area (Å²) in [5.74, 6) is -0.623. The Morgan fingerprint density at radius 2 is 0.883 bits per heavy atom. The smallest absolute Gasteiger partial charge is 0.306 e. The first kappa shape index (κ1) is 73.2. The predicted octanol–water partition coefficient (Wildman–Crippen LogP) is 18.3. The first-order chi connectivity index (χ1) is 37.4. The summed E-state index contributed by atoms with van der Waals surface area (Å²) in [4.78, 5) is 40.0. The Labute approximate surface area is 473 Å². The van der Waals surface area contributed by atoms with Crippen LogP contribution in [0.3, 0.4) is 0 Å². The van der Waals surface area contributed by atoms with Crippen LogP contribution in [0.15, 0.2) is 134 Å². The van der Waals surface area contributed by atoms with Crippen LogP contribution in [-0.2, 0) is 27.9 Å². The highest BCUT2D eigenvalue weighted by atomic mass is 31.2. The summed E-state index contributed by atoms with van der Waals surface area (Å²) in [7, 11) is 1.12. The molecular formula is C67H113N2O7P. The molecule has 438 valence electrons. The first-order valence-electron chi connectivity index (χ1n) is 30.6. The molecule has 0 aliphatic rings. The van der Waals surface area contributed by atoms with Gasteiger partial charge in [-0.15, -0.1) is 0 Å². The molecule has 0 aromatic carbocycles. The van der Waals surface area contributed by atoms with Crippen molar-refractivity contribution in [2.24, 2.45) is 0 Å². The summed E-state index contributed by atoms with van der Waals surface area (Å²) < 4.78 is 30.3.